The van der Waals surface area contributed by atoms with Crippen molar-refractivity contribution in [3.8, 4) is 0 Å². The van der Waals surface area contributed by atoms with Crippen molar-refractivity contribution in [2.45, 2.75) is 63.7 Å². The van der Waals surface area contributed by atoms with Crippen LogP contribution in [-0.2, 0) is 4.74 Å². The van der Waals surface area contributed by atoms with E-state index >= 15 is 0 Å². The molecule has 134 valence electrons. The van der Waals surface area contributed by atoms with Gasteiger partial charge in [-0.3, -0.25) is 4.99 Å². The molecule has 3 aliphatic rings. The Kier molecular flexibility index (Phi) is 7.88. The monoisotopic (exact) mass is 436 g/mol. The third-order valence-electron chi connectivity index (χ3n) is 5.46. The van der Waals surface area contributed by atoms with Crippen molar-refractivity contribution in [1.29, 1.82) is 0 Å². The molecule has 0 spiro atoms. The lowest BCUT2D eigenvalue weighted by molar-refractivity contribution is 0.0992. The van der Waals surface area contributed by atoms with Crippen molar-refractivity contribution in [2.75, 3.05) is 33.2 Å². The first-order valence-corrected chi connectivity index (χ1v) is 9.13. The second kappa shape index (κ2) is 9.42. The zero-order chi connectivity index (χ0) is 15.4. The van der Waals surface area contributed by atoms with Crippen LogP contribution in [-0.4, -0.2) is 62.3 Å². The minimum absolute atomic E-state index is 0. The van der Waals surface area contributed by atoms with Crippen LogP contribution in [0.4, 0.5) is 0 Å². The SMILES string of the molecule is CCCN1CCC(CNC(=NC)NC2CC3CCC2O3)CC1.I. The quantitative estimate of drug-likeness (QED) is 0.394. The van der Waals surface area contributed by atoms with Crippen LogP contribution < -0.4 is 10.6 Å². The number of guanidine groups is 1. The Morgan fingerprint density at radius 1 is 1.22 bits per heavy atom. The molecule has 23 heavy (non-hydrogen) atoms. The fourth-order valence-corrected chi connectivity index (χ4v) is 4.13. The van der Waals surface area contributed by atoms with Crippen LogP contribution in [0.25, 0.3) is 0 Å². The summed E-state index contributed by atoms with van der Waals surface area (Å²) in [7, 11) is 1.87. The molecule has 0 radical (unpaired) electrons. The molecule has 3 heterocycles. The zero-order valence-electron chi connectivity index (χ0n) is 14.6. The van der Waals surface area contributed by atoms with Gasteiger partial charge in [0.1, 0.15) is 0 Å². The lowest BCUT2D eigenvalue weighted by Crippen LogP contribution is -2.49. The Morgan fingerprint density at radius 3 is 2.57 bits per heavy atom. The van der Waals surface area contributed by atoms with Gasteiger partial charge in [0, 0.05) is 13.6 Å². The van der Waals surface area contributed by atoms with E-state index in [4.69, 9.17) is 4.74 Å². The predicted molar refractivity (Wildman–Crippen MR) is 106 cm³/mol. The van der Waals surface area contributed by atoms with Crippen LogP contribution in [0.5, 0.6) is 0 Å². The maximum absolute atomic E-state index is 5.91. The topological polar surface area (TPSA) is 48.9 Å². The number of likely N-dealkylation sites (tertiary alicyclic amines) is 1. The number of hydrogen-bond donors (Lipinski definition) is 2. The number of halogens is 1. The van der Waals surface area contributed by atoms with E-state index in [0.717, 1.165) is 24.8 Å². The number of hydrogen-bond acceptors (Lipinski definition) is 3. The highest BCUT2D eigenvalue weighted by Gasteiger charge is 2.41. The molecule has 3 aliphatic heterocycles. The fraction of sp³-hybridized carbons (Fsp3) is 0.941. The highest BCUT2D eigenvalue weighted by atomic mass is 127. The van der Waals surface area contributed by atoms with Gasteiger partial charge < -0.3 is 20.3 Å². The van der Waals surface area contributed by atoms with Gasteiger partial charge in [0.2, 0.25) is 0 Å². The zero-order valence-corrected chi connectivity index (χ0v) is 16.9. The normalized spacial score (nSPS) is 31.9. The van der Waals surface area contributed by atoms with Crippen molar-refractivity contribution < 1.29 is 4.74 Å². The summed E-state index contributed by atoms with van der Waals surface area (Å²) < 4.78 is 5.91. The van der Waals surface area contributed by atoms with Gasteiger partial charge in [-0.05, 0) is 64.1 Å². The number of ether oxygens (including phenoxy) is 1. The van der Waals surface area contributed by atoms with Crippen LogP contribution in [0, 0.1) is 5.92 Å². The third-order valence-corrected chi connectivity index (χ3v) is 5.46. The lowest BCUT2D eigenvalue weighted by Gasteiger charge is -2.32. The number of aliphatic imine (C=N–C) groups is 1. The molecule has 2 N–H and O–H groups in total. The Morgan fingerprint density at radius 2 is 2.00 bits per heavy atom. The molecule has 3 unspecified atom stereocenters. The number of nitrogens with one attached hydrogen (secondary N) is 2. The largest absolute Gasteiger partial charge is 0.373 e. The first kappa shape index (κ1) is 19.2. The number of piperidine rings is 1. The Hall–Kier alpha value is -0.0800. The molecular formula is C17H33IN4O. The molecule has 3 rings (SSSR count). The number of nitrogens with zero attached hydrogens (tertiary/aromatic N) is 2. The van der Waals surface area contributed by atoms with Gasteiger partial charge >= 0.3 is 0 Å². The molecule has 3 atom stereocenters. The van der Waals surface area contributed by atoms with Gasteiger partial charge in [-0.2, -0.15) is 0 Å². The molecule has 0 aromatic carbocycles. The summed E-state index contributed by atoms with van der Waals surface area (Å²) in [5.41, 5.74) is 0. The summed E-state index contributed by atoms with van der Waals surface area (Å²) in [6, 6.07) is 0.455. The van der Waals surface area contributed by atoms with E-state index < -0.39 is 0 Å². The third kappa shape index (κ3) is 5.19. The van der Waals surface area contributed by atoms with Gasteiger partial charge in [0.15, 0.2) is 5.96 Å². The minimum Gasteiger partial charge on any atom is -0.373 e. The highest BCUT2D eigenvalue weighted by molar-refractivity contribution is 14.0. The smallest absolute Gasteiger partial charge is 0.191 e. The predicted octanol–water partition coefficient (Wildman–Crippen LogP) is 2.21. The first-order chi connectivity index (χ1) is 10.8. The van der Waals surface area contributed by atoms with Crippen LogP contribution in [0.2, 0.25) is 0 Å². The summed E-state index contributed by atoms with van der Waals surface area (Å²) in [4.78, 5) is 6.99. The van der Waals surface area contributed by atoms with E-state index in [1.807, 2.05) is 7.05 Å². The van der Waals surface area contributed by atoms with Gasteiger partial charge in [0.25, 0.3) is 0 Å². The van der Waals surface area contributed by atoms with Gasteiger partial charge in [-0.25, -0.2) is 0 Å². The van der Waals surface area contributed by atoms with Crippen molar-refractivity contribution in [2.24, 2.45) is 10.9 Å². The Labute approximate surface area is 158 Å². The Bertz CT molecular complexity index is 385. The molecule has 0 aliphatic carbocycles. The molecule has 0 saturated carbocycles. The summed E-state index contributed by atoms with van der Waals surface area (Å²) in [6.07, 6.45) is 8.36. The molecule has 0 aromatic rings. The van der Waals surface area contributed by atoms with Gasteiger partial charge in [0.05, 0.1) is 18.2 Å². The second-order valence-corrected chi connectivity index (χ2v) is 7.10. The van der Waals surface area contributed by atoms with Crippen molar-refractivity contribution in [3.05, 3.63) is 0 Å². The number of fused-ring (bicyclic) bond motifs is 2. The fourth-order valence-electron chi connectivity index (χ4n) is 4.13. The van der Waals surface area contributed by atoms with Gasteiger partial charge in [-0.1, -0.05) is 6.92 Å². The lowest BCUT2D eigenvalue weighted by atomic mass is 9.95. The van der Waals surface area contributed by atoms with E-state index in [9.17, 15) is 0 Å². The molecule has 0 amide bonds. The van der Waals surface area contributed by atoms with Crippen LogP contribution >= 0.6 is 24.0 Å². The summed E-state index contributed by atoms with van der Waals surface area (Å²) in [5.74, 6) is 1.74. The van der Waals surface area contributed by atoms with E-state index in [2.05, 4.69) is 27.4 Å². The molecule has 6 heteroatoms. The first-order valence-electron chi connectivity index (χ1n) is 9.13. The average molecular weight is 436 g/mol. The van der Waals surface area contributed by atoms with Crippen molar-refractivity contribution in [1.82, 2.24) is 15.5 Å². The molecule has 2 bridgehead atoms. The van der Waals surface area contributed by atoms with E-state index in [0.29, 0.717) is 18.2 Å². The molecular weight excluding hydrogens is 403 g/mol. The Balaban J connectivity index is 0.00000192. The summed E-state index contributed by atoms with van der Waals surface area (Å²) >= 11 is 0. The van der Waals surface area contributed by atoms with Crippen LogP contribution in [0.15, 0.2) is 4.99 Å². The second-order valence-electron chi connectivity index (χ2n) is 7.10. The standard InChI is InChI=1S/C17H32N4O.HI/c1-3-8-21-9-6-13(7-10-21)12-19-17(18-2)20-15-11-14-4-5-16(15)22-14;/h13-16H,3-12H2,1-2H3,(H2,18,19,20);1H. The molecule has 5 nitrogen and oxygen atoms in total. The van der Waals surface area contributed by atoms with Crippen LogP contribution in [0.1, 0.15) is 45.4 Å². The summed E-state index contributed by atoms with van der Waals surface area (Å²) in [5, 5.41) is 7.11. The number of rotatable bonds is 5. The average Bonchev–Trinajstić information content (AvgIpc) is 3.16. The minimum atomic E-state index is 0. The maximum Gasteiger partial charge on any atom is 0.191 e. The highest BCUT2D eigenvalue weighted by Crippen LogP contribution is 2.34. The maximum atomic E-state index is 5.91. The summed E-state index contributed by atoms with van der Waals surface area (Å²) in [6.45, 7) is 7.08. The molecule has 3 fully saturated rings. The molecule has 3 saturated heterocycles. The van der Waals surface area contributed by atoms with E-state index in [1.54, 1.807) is 0 Å². The van der Waals surface area contributed by atoms with E-state index in [-0.39, 0.29) is 24.0 Å². The van der Waals surface area contributed by atoms with E-state index in [1.165, 1.54) is 51.7 Å². The van der Waals surface area contributed by atoms with Crippen molar-refractivity contribution in [3.63, 3.8) is 0 Å². The molecule has 0 aromatic heterocycles. The van der Waals surface area contributed by atoms with Crippen molar-refractivity contribution >= 4 is 29.9 Å². The van der Waals surface area contributed by atoms with Gasteiger partial charge in [-0.15, -0.1) is 24.0 Å². The van der Waals surface area contributed by atoms with Crippen LogP contribution in [0.3, 0.4) is 0 Å².